The van der Waals surface area contributed by atoms with E-state index in [4.69, 9.17) is 11.5 Å². The van der Waals surface area contributed by atoms with Gasteiger partial charge in [0.05, 0.1) is 6.04 Å². The van der Waals surface area contributed by atoms with E-state index in [1.807, 2.05) is 0 Å². The molecule has 1 amide bonds. The Morgan fingerprint density at radius 3 is 2.58 bits per heavy atom. The molecular formula is C8H17N3O. The Balaban J connectivity index is 2.24. The van der Waals surface area contributed by atoms with Crippen molar-refractivity contribution in [3.05, 3.63) is 0 Å². The van der Waals surface area contributed by atoms with Crippen LogP contribution in [-0.2, 0) is 4.79 Å². The molecule has 0 aliphatic carbocycles. The molecule has 0 aromatic carbocycles. The summed E-state index contributed by atoms with van der Waals surface area (Å²) in [5.74, 6) is 0.197. The molecule has 1 aliphatic rings. The summed E-state index contributed by atoms with van der Waals surface area (Å²) in [5, 5.41) is 3.26. The molecule has 5 N–H and O–H groups in total. The van der Waals surface area contributed by atoms with E-state index in [1.165, 1.54) is 0 Å². The van der Waals surface area contributed by atoms with Crippen LogP contribution in [0.25, 0.3) is 0 Å². The van der Waals surface area contributed by atoms with Gasteiger partial charge >= 0.3 is 0 Å². The van der Waals surface area contributed by atoms with Crippen molar-refractivity contribution in [3.63, 3.8) is 0 Å². The standard InChI is InChI=1S/C8H17N3O/c9-7(8(10)12)5-6-1-3-11-4-2-6/h6-7,11H,1-5,9H2,(H2,10,12). The van der Waals surface area contributed by atoms with Gasteiger partial charge in [-0.3, -0.25) is 4.79 Å². The third-order valence-electron chi connectivity index (χ3n) is 2.41. The van der Waals surface area contributed by atoms with Crippen molar-refractivity contribution in [1.82, 2.24) is 5.32 Å². The summed E-state index contributed by atoms with van der Waals surface area (Å²) in [4.78, 5) is 10.7. The van der Waals surface area contributed by atoms with Gasteiger partial charge in [0.25, 0.3) is 0 Å². The maximum absolute atomic E-state index is 10.7. The highest BCUT2D eigenvalue weighted by Crippen LogP contribution is 2.16. The molecule has 4 nitrogen and oxygen atoms in total. The molecule has 12 heavy (non-hydrogen) atoms. The van der Waals surface area contributed by atoms with Gasteiger partial charge < -0.3 is 16.8 Å². The van der Waals surface area contributed by atoms with Gasteiger partial charge in [-0.1, -0.05) is 0 Å². The number of primary amides is 1. The first-order valence-corrected chi connectivity index (χ1v) is 4.45. The number of hydrogen-bond donors (Lipinski definition) is 3. The minimum atomic E-state index is -0.451. The van der Waals surface area contributed by atoms with Gasteiger partial charge in [-0.15, -0.1) is 0 Å². The van der Waals surface area contributed by atoms with Gasteiger partial charge in [-0.05, 0) is 38.3 Å². The van der Waals surface area contributed by atoms with Crippen molar-refractivity contribution in [3.8, 4) is 0 Å². The van der Waals surface area contributed by atoms with Gasteiger partial charge in [-0.2, -0.15) is 0 Å². The van der Waals surface area contributed by atoms with Gasteiger partial charge in [-0.25, -0.2) is 0 Å². The maximum atomic E-state index is 10.7. The summed E-state index contributed by atoms with van der Waals surface area (Å²) in [6.07, 6.45) is 2.97. The SMILES string of the molecule is NC(=O)C(N)CC1CCNCC1. The largest absolute Gasteiger partial charge is 0.368 e. The van der Waals surface area contributed by atoms with E-state index in [-0.39, 0.29) is 5.91 Å². The molecular weight excluding hydrogens is 154 g/mol. The Bertz CT molecular complexity index is 154. The molecule has 1 aliphatic heterocycles. The first-order chi connectivity index (χ1) is 5.70. The van der Waals surface area contributed by atoms with Gasteiger partial charge in [0.2, 0.25) is 5.91 Å². The molecule has 70 valence electrons. The molecule has 0 aromatic heterocycles. The number of nitrogens with two attached hydrogens (primary N) is 2. The van der Waals surface area contributed by atoms with Crippen molar-refractivity contribution in [2.75, 3.05) is 13.1 Å². The lowest BCUT2D eigenvalue weighted by molar-refractivity contribution is -0.119. The van der Waals surface area contributed by atoms with E-state index in [1.54, 1.807) is 0 Å². The quantitative estimate of drug-likeness (QED) is 0.519. The molecule has 4 heteroatoms. The molecule has 0 bridgehead atoms. The van der Waals surface area contributed by atoms with Crippen LogP contribution < -0.4 is 16.8 Å². The summed E-state index contributed by atoms with van der Waals surface area (Å²) >= 11 is 0. The van der Waals surface area contributed by atoms with Crippen LogP contribution in [-0.4, -0.2) is 25.0 Å². The second kappa shape index (κ2) is 4.42. The van der Waals surface area contributed by atoms with E-state index in [0.717, 1.165) is 32.4 Å². The summed E-state index contributed by atoms with van der Waals surface area (Å²) in [5.41, 5.74) is 10.6. The molecule has 1 atom stereocenters. The number of nitrogens with one attached hydrogen (secondary N) is 1. The van der Waals surface area contributed by atoms with Crippen molar-refractivity contribution < 1.29 is 4.79 Å². The molecule has 0 aromatic rings. The lowest BCUT2D eigenvalue weighted by Gasteiger charge is -2.23. The van der Waals surface area contributed by atoms with E-state index in [0.29, 0.717) is 5.92 Å². The topological polar surface area (TPSA) is 81.1 Å². The molecule has 1 unspecified atom stereocenters. The summed E-state index contributed by atoms with van der Waals surface area (Å²) in [6.45, 7) is 2.08. The number of carbonyl (C=O) groups is 1. The fraction of sp³-hybridized carbons (Fsp3) is 0.875. The predicted octanol–water partition coefficient (Wildman–Crippen LogP) is -0.811. The Morgan fingerprint density at radius 1 is 1.50 bits per heavy atom. The molecule has 0 saturated carbocycles. The average Bonchev–Trinajstić information content (AvgIpc) is 2.06. The molecule has 0 spiro atoms. The fourth-order valence-electron chi connectivity index (χ4n) is 1.59. The van der Waals surface area contributed by atoms with Crippen LogP contribution in [0.15, 0.2) is 0 Å². The van der Waals surface area contributed by atoms with E-state index >= 15 is 0 Å². The smallest absolute Gasteiger partial charge is 0.234 e. The lowest BCUT2D eigenvalue weighted by Crippen LogP contribution is -2.40. The first kappa shape index (κ1) is 9.48. The Labute approximate surface area is 72.7 Å². The zero-order valence-electron chi connectivity index (χ0n) is 7.25. The highest BCUT2D eigenvalue weighted by molar-refractivity contribution is 5.79. The lowest BCUT2D eigenvalue weighted by atomic mass is 9.91. The number of rotatable bonds is 3. The van der Waals surface area contributed by atoms with Crippen LogP contribution >= 0.6 is 0 Å². The zero-order valence-corrected chi connectivity index (χ0v) is 7.25. The van der Waals surface area contributed by atoms with Crippen LogP contribution in [0.3, 0.4) is 0 Å². The number of hydrogen-bond acceptors (Lipinski definition) is 3. The third-order valence-corrected chi connectivity index (χ3v) is 2.41. The van der Waals surface area contributed by atoms with Crippen molar-refractivity contribution in [2.45, 2.75) is 25.3 Å². The average molecular weight is 171 g/mol. The Hall–Kier alpha value is -0.610. The third kappa shape index (κ3) is 2.79. The van der Waals surface area contributed by atoms with Crippen LogP contribution in [0, 0.1) is 5.92 Å². The first-order valence-electron chi connectivity index (χ1n) is 4.45. The minimum Gasteiger partial charge on any atom is -0.368 e. The number of carbonyl (C=O) groups excluding carboxylic acids is 1. The molecule has 0 radical (unpaired) electrons. The number of piperidine rings is 1. The normalized spacial score (nSPS) is 22.1. The van der Waals surface area contributed by atoms with Gasteiger partial charge in [0.1, 0.15) is 0 Å². The van der Waals surface area contributed by atoms with Crippen molar-refractivity contribution in [2.24, 2.45) is 17.4 Å². The van der Waals surface area contributed by atoms with Crippen LogP contribution in [0.2, 0.25) is 0 Å². The zero-order chi connectivity index (χ0) is 8.97. The summed E-state index contributed by atoms with van der Waals surface area (Å²) in [7, 11) is 0. The second-order valence-corrected chi connectivity index (χ2v) is 3.44. The molecule has 1 saturated heterocycles. The van der Waals surface area contributed by atoms with Crippen molar-refractivity contribution in [1.29, 1.82) is 0 Å². The van der Waals surface area contributed by atoms with E-state index in [2.05, 4.69) is 5.32 Å². The van der Waals surface area contributed by atoms with E-state index < -0.39 is 6.04 Å². The van der Waals surface area contributed by atoms with Crippen LogP contribution in [0.4, 0.5) is 0 Å². The van der Waals surface area contributed by atoms with Gasteiger partial charge in [0.15, 0.2) is 0 Å². The summed E-state index contributed by atoms with van der Waals surface area (Å²) in [6, 6.07) is -0.451. The minimum absolute atomic E-state index is 0.381. The van der Waals surface area contributed by atoms with E-state index in [9.17, 15) is 4.79 Å². The number of amides is 1. The second-order valence-electron chi connectivity index (χ2n) is 3.44. The molecule has 1 fully saturated rings. The Kier molecular flexibility index (Phi) is 3.49. The highest BCUT2D eigenvalue weighted by Gasteiger charge is 2.18. The summed E-state index contributed by atoms with van der Waals surface area (Å²) < 4.78 is 0. The molecule has 1 heterocycles. The van der Waals surface area contributed by atoms with Crippen LogP contribution in [0.1, 0.15) is 19.3 Å². The Morgan fingerprint density at radius 2 is 2.08 bits per heavy atom. The monoisotopic (exact) mass is 171 g/mol. The molecule has 1 rings (SSSR count). The van der Waals surface area contributed by atoms with Gasteiger partial charge in [0, 0.05) is 0 Å². The van der Waals surface area contributed by atoms with Crippen LogP contribution in [0.5, 0.6) is 0 Å². The maximum Gasteiger partial charge on any atom is 0.234 e. The predicted molar refractivity (Wildman–Crippen MR) is 47.4 cm³/mol. The fourth-order valence-corrected chi connectivity index (χ4v) is 1.59. The van der Waals surface area contributed by atoms with Crippen molar-refractivity contribution >= 4 is 5.91 Å². The highest BCUT2D eigenvalue weighted by atomic mass is 16.1.